The Morgan fingerprint density at radius 1 is 1.41 bits per heavy atom. The van der Waals surface area contributed by atoms with E-state index in [4.69, 9.17) is 28.9 Å². The van der Waals surface area contributed by atoms with Gasteiger partial charge in [-0.3, -0.25) is 4.72 Å². The number of halogens is 3. The van der Waals surface area contributed by atoms with Crippen LogP contribution in [-0.2, 0) is 10.0 Å². The molecule has 0 aliphatic rings. The summed E-state index contributed by atoms with van der Waals surface area (Å²) in [6.07, 6.45) is 0. The van der Waals surface area contributed by atoms with Crippen LogP contribution in [0.4, 0.5) is 10.1 Å². The SMILES string of the molecule is CC(CN)S(=O)(=O)Nc1c(Cl)cc(F)cc1Cl. The summed E-state index contributed by atoms with van der Waals surface area (Å²) in [5, 5.41) is -1.02. The van der Waals surface area contributed by atoms with Crippen LogP contribution in [0.1, 0.15) is 6.92 Å². The van der Waals surface area contributed by atoms with Gasteiger partial charge in [-0.2, -0.15) is 0 Å². The van der Waals surface area contributed by atoms with E-state index in [-0.39, 0.29) is 22.3 Å². The molecular formula is C9H11Cl2FN2O2S. The van der Waals surface area contributed by atoms with Gasteiger partial charge in [0.25, 0.3) is 0 Å². The fourth-order valence-corrected chi connectivity index (χ4v) is 2.64. The molecule has 0 fully saturated rings. The summed E-state index contributed by atoms with van der Waals surface area (Å²) >= 11 is 11.4. The minimum absolute atomic E-state index is 0.0463. The fraction of sp³-hybridized carbons (Fsp3) is 0.333. The lowest BCUT2D eigenvalue weighted by atomic mass is 10.3. The molecule has 96 valence electrons. The lowest BCUT2D eigenvalue weighted by molar-refractivity contribution is 0.589. The lowest BCUT2D eigenvalue weighted by Gasteiger charge is -2.15. The fourth-order valence-electron chi connectivity index (χ4n) is 1.01. The molecule has 0 heterocycles. The molecule has 1 unspecified atom stereocenters. The molecule has 0 aliphatic heterocycles. The summed E-state index contributed by atoms with van der Waals surface area (Å²) in [6, 6.07) is 1.94. The zero-order valence-electron chi connectivity index (χ0n) is 8.88. The highest BCUT2D eigenvalue weighted by molar-refractivity contribution is 7.93. The number of hydrogen-bond donors (Lipinski definition) is 2. The van der Waals surface area contributed by atoms with Gasteiger partial charge in [-0.05, 0) is 19.1 Å². The average molecular weight is 301 g/mol. The molecule has 0 radical (unpaired) electrons. The molecule has 1 aromatic rings. The molecule has 0 bridgehead atoms. The molecule has 0 aromatic heterocycles. The van der Waals surface area contributed by atoms with Gasteiger partial charge < -0.3 is 5.73 Å². The maximum Gasteiger partial charge on any atom is 0.236 e. The number of hydrogen-bond acceptors (Lipinski definition) is 3. The van der Waals surface area contributed by atoms with Crippen LogP contribution in [0.25, 0.3) is 0 Å². The predicted molar refractivity (Wildman–Crippen MR) is 67.5 cm³/mol. The molecule has 1 aromatic carbocycles. The van der Waals surface area contributed by atoms with Crippen molar-refractivity contribution in [2.45, 2.75) is 12.2 Å². The second-order valence-electron chi connectivity index (χ2n) is 3.44. The van der Waals surface area contributed by atoms with Crippen LogP contribution in [0.3, 0.4) is 0 Å². The molecular weight excluding hydrogens is 290 g/mol. The Kier molecular flexibility index (Phi) is 4.60. The first kappa shape index (κ1) is 14.5. The van der Waals surface area contributed by atoms with Crippen molar-refractivity contribution in [3.8, 4) is 0 Å². The third-order valence-electron chi connectivity index (χ3n) is 2.11. The van der Waals surface area contributed by atoms with Crippen LogP contribution in [0.5, 0.6) is 0 Å². The highest BCUT2D eigenvalue weighted by atomic mass is 35.5. The maximum absolute atomic E-state index is 12.9. The van der Waals surface area contributed by atoms with E-state index in [0.29, 0.717) is 0 Å². The number of benzene rings is 1. The summed E-state index contributed by atoms with van der Waals surface area (Å²) in [7, 11) is -3.69. The Morgan fingerprint density at radius 2 is 1.88 bits per heavy atom. The smallest absolute Gasteiger partial charge is 0.236 e. The van der Waals surface area contributed by atoms with Gasteiger partial charge in [0, 0.05) is 6.54 Å². The first-order valence-corrected chi connectivity index (χ1v) is 6.94. The number of anilines is 1. The molecule has 1 atom stereocenters. The zero-order chi connectivity index (χ0) is 13.2. The molecule has 0 saturated heterocycles. The molecule has 0 amide bonds. The Morgan fingerprint density at radius 3 is 2.29 bits per heavy atom. The Hall–Kier alpha value is -0.560. The predicted octanol–water partition coefficient (Wildman–Crippen LogP) is 2.22. The van der Waals surface area contributed by atoms with E-state index in [1.807, 2.05) is 0 Å². The number of nitrogens with two attached hydrogens (primary N) is 1. The second kappa shape index (κ2) is 5.39. The van der Waals surface area contributed by atoms with Crippen molar-refractivity contribution in [3.63, 3.8) is 0 Å². The standard InChI is InChI=1S/C9H11Cl2FN2O2S/c1-5(4-13)17(15,16)14-9-7(10)2-6(12)3-8(9)11/h2-3,5,14H,4,13H2,1H3. The van der Waals surface area contributed by atoms with Crippen LogP contribution in [0.2, 0.25) is 10.0 Å². The number of rotatable bonds is 4. The van der Waals surface area contributed by atoms with Gasteiger partial charge in [0.1, 0.15) is 5.82 Å². The third kappa shape index (κ3) is 3.45. The number of nitrogens with one attached hydrogen (secondary N) is 1. The highest BCUT2D eigenvalue weighted by Gasteiger charge is 2.21. The Bertz CT molecular complexity index is 499. The molecule has 3 N–H and O–H groups in total. The van der Waals surface area contributed by atoms with Crippen molar-refractivity contribution in [3.05, 3.63) is 28.0 Å². The average Bonchev–Trinajstić information content (AvgIpc) is 2.22. The molecule has 0 aliphatic carbocycles. The van der Waals surface area contributed by atoms with E-state index < -0.39 is 21.1 Å². The summed E-state index contributed by atoms with van der Waals surface area (Å²) in [5.74, 6) is -0.644. The van der Waals surface area contributed by atoms with Gasteiger partial charge in [-0.1, -0.05) is 23.2 Å². The van der Waals surface area contributed by atoms with E-state index in [9.17, 15) is 12.8 Å². The molecule has 17 heavy (non-hydrogen) atoms. The minimum atomic E-state index is -3.69. The van der Waals surface area contributed by atoms with Crippen molar-refractivity contribution in [2.24, 2.45) is 5.73 Å². The van der Waals surface area contributed by atoms with Crippen molar-refractivity contribution < 1.29 is 12.8 Å². The third-order valence-corrected chi connectivity index (χ3v) is 4.45. The lowest BCUT2D eigenvalue weighted by Crippen LogP contribution is -2.31. The van der Waals surface area contributed by atoms with Gasteiger partial charge >= 0.3 is 0 Å². The maximum atomic E-state index is 12.9. The van der Waals surface area contributed by atoms with E-state index in [0.717, 1.165) is 12.1 Å². The van der Waals surface area contributed by atoms with E-state index in [1.54, 1.807) is 0 Å². The van der Waals surface area contributed by atoms with Gasteiger partial charge in [0.05, 0.1) is 21.0 Å². The Balaban J connectivity index is 3.13. The van der Waals surface area contributed by atoms with Crippen LogP contribution in [0, 0.1) is 5.82 Å². The largest absolute Gasteiger partial charge is 0.329 e. The molecule has 1 rings (SSSR count). The van der Waals surface area contributed by atoms with Gasteiger partial charge in [-0.25, -0.2) is 12.8 Å². The second-order valence-corrected chi connectivity index (χ2v) is 6.35. The van der Waals surface area contributed by atoms with Crippen LogP contribution >= 0.6 is 23.2 Å². The van der Waals surface area contributed by atoms with Crippen molar-refractivity contribution in [1.29, 1.82) is 0 Å². The van der Waals surface area contributed by atoms with E-state index >= 15 is 0 Å². The van der Waals surface area contributed by atoms with Crippen LogP contribution in [0.15, 0.2) is 12.1 Å². The van der Waals surface area contributed by atoms with E-state index in [1.165, 1.54) is 6.92 Å². The summed E-state index contributed by atoms with van der Waals surface area (Å²) in [5.41, 5.74) is 5.22. The first-order chi connectivity index (χ1) is 7.77. The van der Waals surface area contributed by atoms with Crippen molar-refractivity contribution in [1.82, 2.24) is 0 Å². The van der Waals surface area contributed by atoms with Crippen molar-refractivity contribution in [2.75, 3.05) is 11.3 Å². The van der Waals surface area contributed by atoms with Crippen LogP contribution in [-0.4, -0.2) is 20.2 Å². The molecule has 0 saturated carbocycles. The monoisotopic (exact) mass is 300 g/mol. The van der Waals surface area contributed by atoms with Gasteiger partial charge in [-0.15, -0.1) is 0 Å². The van der Waals surface area contributed by atoms with Gasteiger partial charge in [0.2, 0.25) is 10.0 Å². The zero-order valence-corrected chi connectivity index (χ0v) is 11.2. The van der Waals surface area contributed by atoms with E-state index in [2.05, 4.69) is 4.72 Å². The summed E-state index contributed by atoms with van der Waals surface area (Å²) < 4.78 is 38.5. The summed E-state index contributed by atoms with van der Waals surface area (Å²) in [4.78, 5) is 0. The topological polar surface area (TPSA) is 72.2 Å². The Labute approximate surface area is 109 Å². The number of sulfonamides is 1. The van der Waals surface area contributed by atoms with Gasteiger partial charge in [0.15, 0.2) is 0 Å². The molecule has 0 spiro atoms. The summed E-state index contributed by atoms with van der Waals surface area (Å²) in [6.45, 7) is 1.39. The van der Waals surface area contributed by atoms with Crippen LogP contribution < -0.4 is 10.5 Å². The first-order valence-electron chi connectivity index (χ1n) is 4.64. The molecule has 4 nitrogen and oxygen atoms in total. The minimum Gasteiger partial charge on any atom is -0.329 e. The molecule has 8 heteroatoms. The van der Waals surface area contributed by atoms with Crippen molar-refractivity contribution >= 4 is 38.9 Å². The quantitative estimate of drug-likeness (QED) is 0.895. The normalized spacial score (nSPS) is 13.5. The highest BCUT2D eigenvalue weighted by Crippen LogP contribution is 2.32.